The minimum atomic E-state index is 0.0903. The molecule has 3 heterocycles. The summed E-state index contributed by atoms with van der Waals surface area (Å²) in [4.78, 5) is 13.7. The van der Waals surface area contributed by atoms with Crippen LogP contribution >= 0.6 is 0 Å². The van der Waals surface area contributed by atoms with Crippen LogP contribution in [0.15, 0.2) is 30.5 Å². The van der Waals surface area contributed by atoms with Crippen LogP contribution in [0, 0.1) is 0 Å². The van der Waals surface area contributed by atoms with E-state index in [0.29, 0.717) is 16.6 Å². The summed E-state index contributed by atoms with van der Waals surface area (Å²) in [5.41, 5.74) is 9.74. The van der Waals surface area contributed by atoms with E-state index in [1.165, 1.54) is 60.2 Å². The first-order valence-electron chi connectivity index (χ1n) is 13.4. The summed E-state index contributed by atoms with van der Waals surface area (Å²) in [6.45, 7) is 1.64. The van der Waals surface area contributed by atoms with E-state index >= 15 is 0 Å². The van der Waals surface area contributed by atoms with Crippen molar-refractivity contribution in [2.75, 3.05) is 6.54 Å². The number of nitrogens with one attached hydrogen (secondary N) is 1. The number of nitrogens with two attached hydrogens (primary N) is 1. The first kappa shape index (κ1) is 20.7. The van der Waals surface area contributed by atoms with Crippen molar-refractivity contribution in [3.8, 4) is 11.3 Å². The minimum Gasteiger partial charge on any atom is -0.349 e. The van der Waals surface area contributed by atoms with Crippen LogP contribution in [0.5, 0.6) is 0 Å². The molecule has 5 aliphatic rings. The zero-order valence-electron chi connectivity index (χ0n) is 20.0. The first-order valence-corrected chi connectivity index (χ1v) is 13.4. The van der Waals surface area contributed by atoms with E-state index in [0.717, 1.165) is 62.0 Å². The lowest BCUT2D eigenvalue weighted by Gasteiger charge is -2.35. The molecule has 7 rings (SSSR count). The Balaban J connectivity index is 1.47. The number of carbonyl (C=O) groups excluding carboxylic acids is 1. The predicted molar refractivity (Wildman–Crippen MR) is 137 cm³/mol. The van der Waals surface area contributed by atoms with E-state index in [2.05, 4.69) is 46.4 Å². The molecule has 2 fully saturated rings. The van der Waals surface area contributed by atoms with Crippen LogP contribution in [0.2, 0.25) is 0 Å². The summed E-state index contributed by atoms with van der Waals surface area (Å²) in [6.07, 6.45) is 20.6. The average Bonchev–Trinajstić information content (AvgIpc) is 3.63. The SMILES string of the molecule is N[N@+]12C=CCc3c(C4CCCCC4)ccc(c31)-c1c(C(=O)NC3CC3)c3c(n1CC2)CCC=C3. The van der Waals surface area contributed by atoms with Crippen LogP contribution in [0.3, 0.4) is 0 Å². The molecule has 3 aliphatic carbocycles. The summed E-state index contributed by atoms with van der Waals surface area (Å²) in [5.74, 6) is 7.90. The summed E-state index contributed by atoms with van der Waals surface area (Å²) in [7, 11) is 0. The van der Waals surface area contributed by atoms with Gasteiger partial charge >= 0.3 is 0 Å². The molecule has 1 aromatic carbocycles. The molecule has 34 heavy (non-hydrogen) atoms. The van der Waals surface area contributed by atoms with Crippen molar-refractivity contribution in [2.45, 2.75) is 82.7 Å². The fourth-order valence-electron chi connectivity index (χ4n) is 7.01. The van der Waals surface area contributed by atoms with Crippen LogP contribution in [-0.4, -0.2) is 23.1 Å². The van der Waals surface area contributed by atoms with Crippen LogP contribution in [-0.2, 0) is 19.4 Å². The number of hydrogen-bond donors (Lipinski definition) is 2. The second-order valence-electron chi connectivity index (χ2n) is 11.0. The lowest BCUT2D eigenvalue weighted by Crippen LogP contribution is -2.54. The van der Waals surface area contributed by atoms with E-state index in [1.54, 1.807) is 0 Å². The fourth-order valence-corrected chi connectivity index (χ4v) is 7.01. The van der Waals surface area contributed by atoms with Gasteiger partial charge in [0.2, 0.25) is 0 Å². The van der Waals surface area contributed by atoms with Gasteiger partial charge in [-0.25, -0.2) is 0 Å². The number of allylic oxidation sites excluding steroid dienone is 2. The van der Waals surface area contributed by atoms with Crippen LogP contribution < -0.4 is 15.8 Å². The lowest BCUT2D eigenvalue weighted by molar-refractivity contribution is 0.0951. The first-order chi connectivity index (χ1) is 16.6. The van der Waals surface area contributed by atoms with E-state index < -0.39 is 0 Å². The van der Waals surface area contributed by atoms with Gasteiger partial charge in [-0.05, 0) is 62.1 Å². The van der Waals surface area contributed by atoms with Crippen LogP contribution in [0.4, 0.5) is 5.69 Å². The van der Waals surface area contributed by atoms with Crippen molar-refractivity contribution in [3.63, 3.8) is 0 Å². The Hall–Kier alpha value is -2.63. The molecule has 1 aromatic heterocycles. The maximum atomic E-state index is 13.7. The Morgan fingerprint density at radius 3 is 2.76 bits per heavy atom. The summed E-state index contributed by atoms with van der Waals surface area (Å²) in [5, 5.41) is 3.30. The zero-order valence-corrected chi connectivity index (χ0v) is 20.0. The second kappa shape index (κ2) is 7.69. The molecule has 2 saturated carbocycles. The Morgan fingerprint density at radius 1 is 1.09 bits per heavy atom. The van der Waals surface area contributed by atoms with Crippen molar-refractivity contribution < 1.29 is 4.79 Å². The molecule has 3 N–H and O–H groups in total. The molecular formula is C29H35N4O+. The molecule has 0 unspecified atom stereocenters. The molecule has 1 atom stereocenters. The molecule has 2 aliphatic heterocycles. The van der Waals surface area contributed by atoms with Gasteiger partial charge in [0.05, 0.1) is 23.4 Å². The van der Waals surface area contributed by atoms with E-state index in [1.807, 2.05) is 0 Å². The topological polar surface area (TPSA) is 60.1 Å². The predicted octanol–water partition coefficient (Wildman–Crippen LogP) is 5.32. The van der Waals surface area contributed by atoms with Gasteiger partial charge in [0.25, 0.3) is 5.91 Å². The number of carbonyl (C=O) groups is 1. The number of nitrogens with zero attached hydrogens (tertiary/aromatic N) is 2. The van der Waals surface area contributed by atoms with E-state index in [9.17, 15) is 4.79 Å². The maximum absolute atomic E-state index is 13.7. The van der Waals surface area contributed by atoms with Crippen molar-refractivity contribution in [2.24, 2.45) is 5.84 Å². The molecule has 5 heteroatoms. The van der Waals surface area contributed by atoms with Crippen molar-refractivity contribution in [3.05, 3.63) is 58.4 Å². The van der Waals surface area contributed by atoms with Gasteiger partial charge in [-0.2, -0.15) is 10.4 Å². The van der Waals surface area contributed by atoms with Gasteiger partial charge in [-0.3, -0.25) is 4.79 Å². The molecule has 0 saturated heterocycles. The summed E-state index contributed by atoms with van der Waals surface area (Å²) < 4.78 is 2.79. The van der Waals surface area contributed by atoms with E-state index in [4.69, 9.17) is 5.84 Å². The van der Waals surface area contributed by atoms with Crippen LogP contribution in [0.25, 0.3) is 17.3 Å². The highest BCUT2D eigenvalue weighted by molar-refractivity contribution is 6.06. The molecular weight excluding hydrogens is 420 g/mol. The standard InChI is InChI=1S/C29H34N4O/c30-33-17-6-10-22-21(19-7-2-1-3-8-19)14-15-24(28(22)33)27-26(29(34)31-20-12-13-20)23-9-4-5-11-25(23)32(27)16-18-33/h4,6,9,14-15,17,19-20H,1-3,5,7-8,10-13,16,18,30H2/p+1/t33-/m0/s1. The number of amides is 1. The Morgan fingerprint density at radius 2 is 1.94 bits per heavy atom. The van der Waals surface area contributed by atoms with Crippen molar-refractivity contribution >= 4 is 17.7 Å². The number of aromatic nitrogens is 1. The Bertz CT molecular complexity index is 1240. The molecule has 176 valence electrons. The quantitative estimate of drug-likeness (QED) is 0.486. The number of quaternary nitrogens is 1. The summed E-state index contributed by atoms with van der Waals surface area (Å²) in [6, 6.07) is 5.03. The third-order valence-electron chi connectivity index (χ3n) is 8.81. The Kier molecular flexibility index (Phi) is 4.69. The number of rotatable bonds is 3. The zero-order chi connectivity index (χ0) is 22.9. The highest BCUT2D eigenvalue weighted by atomic mass is 16.1. The maximum Gasteiger partial charge on any atom is 0.254 e. The third kappa shape index (κ3) is 3.10. The van der Waals surface area contributed by atoms with E-state index in [-0.39, 0.29) is 5.91 Å². The lowest BCUT2D eigenvalue weighted by atomic mass is 9.79. The number of hydrogen-bond acceptors (Lipinski definition) is 2. The fraction of sp³-hybridized carbons (Fsp3) is 0.483. The number of benzene rings is 1. The van der Waals surface area contributed by atoms with Gasteiger partial charge in [-0.15, -0.1) is 0 Å². The monoisotopic (exact) mass is 455 g/mol. The highest BCUT2D eigenvalue weighted by Crippen LogP contribution is 2.49. The minimum absolute atomic E-state index is 0.0903. The molecule has 2 aromatic rings. The molecule has 0 spiro atoms. The second-order valence-corrected chi connectivity index (χ2v) is 11.0. The third-order valence-corrected chi connectivity index (χ3v) is 8.81. The van der Waals surface area contributed by atoms with Crippen molar-refractivity contribution in [1.29, 1.82) is 0 Å². The number of fused-ring (bicyclic) bond motifs is 4. The average molecular weight is 456 g/mol. The Labute approximate surface area is 201 Å². The molecule has 0 radical (unpaired) electrons. The van der Waals surface area contributed by atoms with Crippen molar-refractivity contribution in [1.82, 2.24) is 14.5 Å². The van der Waals surface area contributed by atoms with Gasteiger partial charge in [0.15, 0.2) is 5.69 Å². The van der Waals surface area contributed by atoms with Gasteiger partial charge in [0.1, 0.15) is 12.7 Å². The molecule has 0 bridgehead atoms. The smallest absolute Gasteiger partial charge is 0.254 e. The van der Waals surface area contributed by atoms with Gasteiger partial charge in [0, 0.05) is 29.3 Å². The normalized spacial score (nSPS) is 25.3. The largest absolute Gasteiger partial charge is 0.349 e. The molecule has 5 nitrogen and oxygen atoms in total. The summed E-state index contributed by atoms with van der Waals surface area (Å²) >= 11 is 0. The highest BCUT2D eigenvalue weighted by Gasteiger charge is 2.42. The molecule has 1 amide bonds. The van der Waals surface area contributed by atoms with Gasteiger partial charge in [-0.1, -0.05) is 37.5 Å². The van der Waals surface area contributed by atoms with Crippen LogP contribution in [0.1, 0.15) is 90.0 Å². The van der Waals surface area contributed by atoms with Gasteiger partial charge < -0.3 is 9.88 Å².